The maximum absolute atomic E-state index is 14.4. The van der Waals surface area contributed by atoms with E-state index in [1.807, 2.05) is 20.8 Å². The standard InChI is InChI=1S/C32H44F2N6O5/c1-19(38(8)30(43)45-32(5,6)7)27(41)37-26(31(2,3)4)28(42)39-15-12-24-25(39)20(17-40(24)29-35-13-9-14-36-29)18-44-21-10-11-22(33)23(34)16-21/h9-11,13-14,16,19-20,24-26H,12,15,17-18H2,1-8H3,(H,37,41)/t19-,20+,24+,25+,26+/m0/s1. The average molecular weight is 631 g/mol. The van der Waals surface area contributed by atoms with E-state index in [2.05, 4.69) is 20.2 Å². The number of likely N-dealkylation sites (tertiary alicyclic amines) is 1. The van der Waals surface area contributed by atoms with E-state index in [4.69, 9.17) is 9.47 Å². The molecule has 2 aliphatic heterocycles. The van der Waals surface area contributed by atoms with Crippen molar-refractivity contribution in [2.45, 2.75) is 84.7 Å². The minimum Gasteiger partial charge on any atom is -0.493 e. The molecule has 0 bridgehead atoms. The third-order valence-corrected chi connectivity index (χ3v) is 8.22. The molecular weight excluding hydrogens is 586 g/mol. The summed E-state index contributed by atoms with van der Waals surface area (Å²) in [7, 11) is 1.48. The van der Waals surface area contributed by atoms with Gasteiger partial charge in [-0.1, -0.05) is 20.8 Å². The van der Waals surface area contributed by atoms with Gasteiger partial charge in [-0.15, -0.1) is 0 Å². The Kier molecular flexibility index (Phi) is 9.88. The van der Waals surface area contributed by atoms with E-state index in [0.717, 1.165) is 12.1 Å². The first-order chi connectivity index (χ1) is 21.0. The minimum atomic E-state index is -1.01. The Hall–Kier alpha value is -4.03. The second-order valence-corrected chi connectivity index (χ2v) is 13.8. The number of aromatic nitrogens is 2. The highest BCUT2D eigenvalue weighted by Gasteiger charge is 2.53. The molecule has 0 unspecified atom stereocenters. The molecule has 0 saturated carbocycles. The van der Waals surface area contributed by atoms with Gasteiger partial charge in [0, 0.05) is 44.5 Å². The zero-order valence-corrected chi connectivity index (χ0v) is 27.2. The Morgan fingerprint density at radius 3 is 2.36 bits per heavy atom. The van der Waals surface area contributed by atoms with Crippen molar-refractivity contribution in [2.75, 3.05) is 31.6 Å². The zero-order chi connectivity index (χ0) is 33.3. The maximum atomic E-state index is 14.4. The topological polar surface area (TPSA) is 117 Å². The predicted molar refractivity (Wildman–Crippen MR) is 163 cm³/mol. The van der Waals surface area contributed by atoms with Crippen LogP contribution in [0, 0.1) is 23.0 Å². The quantitative estimate of drug-likeness (QED) is 0.465. The van der Waals surface area contributed by atoms with Gasteiger partial charge >= 0.3 is 6.09 Å². The largest absolute Gasteiger partial charge is 0.493 e. The molecule has 11 nitrogen and oxygen atoms in total. The monoisotopic (exact) mass is 630 g/mol. The Labute approximate surface area is 263 Å². The van der Waals surface area contributed by atoms with Crippen LogP contribution in [0.25, 0.3) is 0 Å². The molecule has 0 spiro atoms. The summed E-state index contributed by atoms with van der Waals surface area (Å²) in [5.74, 6) is -2.25. The van der Waals surface area contributed by atoms with Crippen molar-refractivity contribution in [1.29, 1.82) is 0 Å². The number of rotatable bonds is 8. The molecule has 0 aliphatic carbocycles. The summed E-state index contributed by atoms with van der Waals surface area (Å²) in [6, 6.07) is 2.84. The van der Waals surface area contributed by atoms with Crippen molar-refractivity contribution in [1.82, 2.24) is 25.1 Å². The van der Waals surface area contributed by atoms with Crippen molar-refractivity contribution >= 4 is 23.9 Å². The van der Waals surface area contributed by atoms with E-state index >= 15 is 0 Å². The van der Waals surface area contributed by atoms with Crippen LogP contribution in [0.2, 0.25) is 0 Å². The average Bonchev–Trinajstić information content (AvgIpc) is 3.55. The normalized spacial score (nSPS) is 21.2. The van der Waals surface area contributed by atoms with Crippen molar-refractivity contribution in [3.63, 3.8) is 0 Å². The number of amides is 3. The molecule has 1 aromatic heterocycles. The number of anilines is 1. The highest BCUT2D eigenvalue weighted by atomic mass is 19.2. The molecule has 3 heterocycles. The summed E-state index contributed by atoms with van der Waals surface area (Å²) in [6.45, 7) is 13.4. The van der Waals surface area contributed by atoms with Crippen LogP contribution in [0.5, 0.6) is 5.75 Å². The Bertz CT molecular complexity index is 1380. The number of hydrogen-bond acceptors (Lipinski definition) is 8. The van der Waals surface area contributed by atoms with Crippen LogP contribution >= 0.6 is 0 Å². The number of carbonyl (C=O) groups is 3. The van der Waals surface area contributed by atoms with E-state index in [9.17, 15) is 23.2 Å². The van der Waals surface area contributed by atoms with Crippen LogP contribution in [-0.4, -0.2) is 94.2 Å². The van der Waals surface area contributed by atoms with Crippen LogP contribution in [0.1, 0.15) is 54.9 Å². The van der Waals surface area contributed by atoms with Crippen LogP contribution in [0.3, 0.4) is 0 Å². The number of benzene rings is 1. The van der Waals surface area contributed by atoms with Gasteiger partial charge in [-0.05, 0) is 57.7 Å². The van der Waals surface area contributed by atoms with E-state index in [-0.39, 0.29) is 36.3 Å². The van der Waals surface area contributed by atoms with Crippen LogP contribution in [0.4, 0.5) is 19.5 Å². The zero-order valence-electron chi connectivity index (χ0n) is 27.2. The lowest BCUT2D eigenvalue weighted by molar-refractivity contribution is -0.141. The van der Waals surface area contributed by atoms with E-state index < -0.39 is 46.7 Å². The first-order valence-electron chi connectivity index (χ1n) is 15.2. The number of nitrogens with one attached hydrogen (secondary N) is 1. The lowest BCUT2D eigenvalue weighted by Crippen LogP contribution is -2.60. The molecule has 2 aromatic rings. The highest BCUT2D eigenvalue weighted by molar-refractivity contribution is 5.92. The molecule has 13 heteroatoms. The number of halogens is 2. The fourth-order valence-electron chi connectivity index (χ4n) is 5.80. The molecule has 4 rings (SSSR count). The number of likely N-dealkylation sites (N-methyl/N-ethyl adjacent to an activating group) is 1. The van der Waals surface area contributed by atoms with Crippen LogP contribution in [-0.2, 0) is 14.3 Å². The smallest absolute Gasteiger partial charge is 0.410 e. The molecular formula is C32H44F2N6O5. The number of fused-ring (bicyclic) bond motifs is 1. The fourth-order valence-corrected chi connectivity index (χ4v) is 5.80. The third-order valence-electron chi connectivity index (χ3n) is 8.22. The Morgan fingerprint density at radius 1 is 1.09 bits per heavy atom. The summed E-state index contributed by atoms with van der Waals surface area (Å²) in [5, 5.41) is 2.91. The molecule has 246 valence electrons. The fraction of sp³-hybridized carbons (Fsp3) is 0.594. The van der Waals surface area contributed by atoms with Crippen molar-refractivity contribution in [3.05, 3.63) is 48.3 Å². The summed E-state index contributed by atoms with van der Waals surface area (Å²) >= 11 is 0. The molecule has 2 fully saturated rings. The van der Waals surface area contributed by atoms with Gasteiger partial charge in [0.05, 0.1) is 18.7 Å². The Morgan fingerprint density at radius 2 is 1.76 bits per heavy atom. The number of nitrogens with zero attached hydrogens (tertiary/aromatic N) is 5. The lowest BCUT2D eigenvalue weighted by Gasteiger charge is -2.38. The van der Waals surface area contributed by atoms with Crippen LogP contribution < -0.4 is 15.0 Å². The first kappa shape index (κ1) is 33.9. The molecule has 1 N–H and O–H groups in total. The molecule has 1 aromatic carbocycles. The van der Waals surface area contributed by atoms with E-state index in [0.29, 0.717) is 25.5 Å². The first-order valence-corrected chi connectivity index (χ1v) is 15.2. The van der Waals surface area contributed by atoms with Gasteiger partial charge < -0.3 is 24.6 Å². The second kappa shape index (κ2) is 13.1. The summed E-state index contributed by atoms with van der Waals surface area (Å²) in [4.78, 5) is 54.3. The van der Waals surface area contributed by atoms with Gasteiger partial charge in [0.1, 0.15) is 23.4 Å². The number of ether oxygens (including phenoxy) is 2. The van der Waals surface area contributed by atoms with E-state index in [1.54, 1.807) is 51.1 Å². The van der Waals surface area contributed by atoms with Gasteiger partial charge in [-0.3, -0.25) is 14.5 Å². The minimum absolute atomic E-state index is 0.122. The van der Waals surface area contributed by atoms with Gasteiger partial charge in [-0.2, -0.15) is 0 Å². The molecule has 45 heavy (non-hydrogen) atoms. The number of hydrogen-bond donors (Lipinski definition) is 1. The maximum Gasteiger partial charge on any atom is 0.410 e. The second-order valence-electron chi connectivity index (χ2n) is 13.8. The van der Waals surface area contributed by atoms with Gasteiger partial charge in [-0.25, -0.2) is 23.5 Å². The van der Waals surface area contributed by atoms with Crippen molar-refractivity contribution in [2.24, 2.45) is 11.3 Å². The highest BCUT2D eigenvalue weighted by Crippen LogP contribution is 2.39. The van der Waals surface area contributed by atoms with Gasteiger partial charge in [0.25, 0.3) is 0 Å². The predicted octanol–water partition coefficient (Wildman–Crippen LogP) is 4.03. The lowest BCUT2D eigenvalue weighted by atomic mass is 9.85. The Balaban J connectivity index is 1.56. The third kappa shape index (κ3) is 7.80. The summed E-state index contributed by atoms with van der Waals surface area (Å²) < 4.78 is 38.7. The number of carbonyl (C=O) groups excluding carboxylic acids is 3. The van der Waals surface area contributed by atoms with Gasteiger partial charge in [0.2, 0.25) is 17.8 Å². The van der Waals surface area contributed by atoms with E-state index in [1.165, 1.54) is 18.0 Å². The summed E-state index contributed by atoms with van der Waals surface area (Å²) in [5.41, 5.74) is -1.41. The van der Waals surface area contributed by atoms with Crippen molar-refractivity contribution in [3.8, 4) is 5.75 Å². The molecule has 2 aliphatic rings. The summed E-state index contributed by atoms with van der Waals surface area (Å²) in [6.07, 6.45) is 3.30. The molecule has 5 atom stereocenters. The SMILES string of the molecule is C[C@@H](C(=O)N[C@H](C(=O)N1CC[C@@H]2[C@H]1[C@@H](COc1ccc(F)c(F)c1)CN2c1ncccn1)C(C)(C)C)N(C)C(=O)OC(C)(C)C. The molecule has 3 amide bonds. The molecule has 0 radical (unpaired) electrons. The van der Waals surface area contributed by atoms with Crippen molar-refractivity contribution < 1.29 is 32.6 Å². The molecule has 2 saturated heterocycles. The van der Waals surface area contributed by atoms with Gasteiger partial charge in [0.15, 0.2) is 11.6 Å². The van der Waals surface area contributed by atoms with Crippen LogP contribution in [0.15, 0.2) is 36.7 Å².